The average molecular weight is 254 g/mol. The molecule has 17 heavy (non-hydrogen) atoms. The maximum absolute atomic E-state index is 11.3. The summed E-state index contributed by atoms with van der Waals surface area (Å²) in [5.41, 5.74) is 1.58. The predicted octanol–water partition coefficient (Wildman–Crippen LogP) is 2.99. The van der Waals surface area contributed by atoms with E-state index in [4.69, 9.17) is 11.8 Å². The van der Waals surface area contributed by atoms with Crippen molar-refractivity contribution in [2.75, 3.05) is 7.11 Å². The fraction of sp³-hybridized carbons (Fsp3) is 0.462. The quantitative estimate of drug-likeness (QED) is 0.665. The van der Waals surface area contributed by atoms with Crippen LogP contribution in [0.1, 0.15) is 41.6 Å². The minimum absolute atomic E-state index is 0.129. The van der Waals surface area contributed by atoms with Crippen LogP contribution >= 0.6 is 11.8 Å². The number of nitrogens with one attached hydrogen (secondary N) is 1. The van der Waals surface area contributed by atoms with E-state index in [1.807, 2.05) is 12.1 Å². The second-order valence-electron chi connectivity index (χ2n) is 4.45. The monoisotopic (exact) mass is 253 g/mol. The van der Waals surface area contributed by atoms with Crippen LogP contribution < -0.4 is 4.84 Å². The third-order valence-electron chi connectivity index (χ3n) is 3.50. The summed E-state index contributed by atoms with van der Waals surface area (Å²) < 4.78 is 4.67. The van der Waals surface area contributed by atoms with Crippen LogP contribution in [-0.4, -0.2) is 13.1 Å². The fourth-order valence-electron chi connectivity index (χ4n) is 2.46. The number of carbonyl (C=O) groups excluding carboxylic acids is 1. The first kappa shape index (κ1) is 12.4. The molecule has 4 heteroatoms. The zero-order chi connectivity index (χ0) is 12.3. The van der Waals surface area contributed by atoms with Crippen molar-refractivity contribution in [1.82, 2.24) is 4.84 Å². The summed E-state index contributed by atoms with van der Waals surface area (Å²) in [5.74, 6) is -0.309. The van der Waals surface area contributed by atoms with Gasteiger partial charge in [-0.25, -0.2) is 9.63 Å². The number of hydrogen-bond acceptors (Lipinski definition) is 3. The van der Waals surface area contributed by atoms with Crippen LogP contribution in [0.4, 0.5) is 0 Å². The highest BCUT2D eigenvalue weighted by molar-refractivity contribution is 6.14. The molecule has 1 fully saturated rings. The molecule has 0 atom stereocenters. The van der Waals surface area contributed by atoms with Crippen LogP contribution in [0, 0.1) is 0 Å². The van der Waals surface area contributed by atoms with Gasteiger partial charge in [0.1, 0.15) is 0 Å². The molecule has 1 aromatic rings. The summed E-state index contributed by atoms with van der Waals surface area (Å²) in [6.45, 7) is 0. The molecule has 1 aliphatic rings. The van der Waals surface area contributed by atoms with E-state index in [1.165, 1.54) is 20.0 Å². The minimum Gasteiger partial charge on any atom is -0.465 e. The molecule has 2 rings (SSSR count). The molecule has 0 amide bonds. The average Bonchev–Trinajstić information content (AvgIpc) is 2.88. The van der Waals surface area contributed by atoms with E-state index in [-0.39, 0.29) is 11.5 Å². The van der Waals surface area contributed by atoms with Crippen LogP contribution in [-0.2, 0) is 10.3 Å². The van der Waals surface area contributed by atoms with E-state index in [1.54, 1.807) is 12.1 Å². The molecule has 3 nitrogen and oxygen atoms in total. The van der Waals surface area contributed by atoms with Gasteiger partial charge in [-0.3, -0.25) is 0 Å². The van der Waals surface area contributed by atoms with Gasteiger partial charge in [0.05, 0.1) is 18.2 Å². The molecule has 0 aromatic heterocycles. The molecule has 1 saturated carbocycles. The molecule has 0 unspecified atom stereocenters. The van der Waals surface area contributed by atoms with Gasteiger partial charge >= 0.3 is 5.97 Å². The number of methoxy groups -OCH3 is 1. The lowest BCUT2D eigenvalue weighted by Crippen LogP contribution is -2.33. The topological polar surface area (TPSA) is 38.3 Å². The summed E-state index contributed by atoms with van der Waals surface area (Å²) in [4.78, 5) is 14.2. The number of rotatable bonds is 3. The van der Waals surface area contributed by atoms with Gasteiger partial charge in [0.15, 0.2) is 0 Å². The molecular formula is C13H16ClNO2. The van der Waals surface area contributed by atoms with Crippen LogP contribution in [0.5, 0.6) is 0 Å². The van der Waals surface area contributed by atoms with Gasteiger partial charge in [0, 0.05) is 0 Å². The summed E-state index contributed by atoms with van der Waals surface area (Å²) in [6, 6.07) is 7.48. The van der Waals surface area contributed by atoms with Crippen molar-refractivity contribution >= 4 is 17.7 Å². The molecule has 0 spiro atoms. The Morgan fingerprint density at radius 2 is 1.88 bits per heavy atom. The maximum Gasteiger partial charge on any atom is 0.337 e. The number of hydrogen-bond donors (Lipinski definition) is 1. The summed E-state index contributed by atoms with van der Waals surface area (Å²) >= 11 is 5.89. The highest BCUT2D eigenvalue weighted by Crippen LogP contribution is 2.39. The number of benzene rings is 1. The van der Waals surface area contributed by atoms with Crippen molar-refractivity contribution in [2.45, 2.75) is 31.2 Å². The van der Waals surface area contributed by atoms with Gasteiger partial charge in [-0.05, 0) is 42.3 Å². The van der Waals surface area contributed by atoms with Gasteiger partial charge in [-0.1, -0.05) is 25.0 Å². The third kappa shape index (κ3) is 2.31. The molecule has 92 valence electrons. The lowest BCUT2D eigenvalue weighted by Gasteiger charge is -2.27. The normalized spacial score (nSPS) is 18.0. The van der Waals surface area contributed by atoms with E-state index in [9.17, 15) is 4.79 Å². The van der Waals surface area contributed by atoms with Crippen molar-refractivity contribution in [3.63, 3.8) is 0 Å². The van der Waals surface area contributed by atoms with Crippen molar-refractivity contribution in [3.05, 3.63) is 35.4 Å². The van der Waals surface area contributed by atoms with Crippen LogP contribution in [0.25, 0.3) is 0 Å². The predicted molar refractivity (Wildman–Crippen MR) is 66.9 cm³/mol. The Bertz CT molecular complexity index is 396. The summed E-state index contributed by atoms with van der Waals surface area (Å²) in [7, 11) is 1.38. The van der Waals surface area contributed by atoms with Gasteiger partial charge in [-0.2, -0.15) is 0 Å². The Kier molecular flexibility index (Phi) is 3.69. The number of esters is 1. The Balaban J connectivity index is 2.25. The summed E-state index contributed by atoms with van der Waals surface area (Å²) in [6.07, 6.45) is 4.43. The SMILES string of the molecule is COC(=O)c1ccc(C2(NCl)CCCC2)cc1. The third-order valence-corrected chi connectivity index (χ3v) is 3.86. The van der Waals surface area contributed by atoms with Crippen molar-refractivity contribution < 1.29 is 9.53 Å². The smallest absolute Gasteiger partial charge is 0.337 e. The maximum atomic E-state index is 11.3. The van der Waals surface area contributed by atoms with Crippen molar-refractivity contribution in [1.29, 1.82) is 0 Å². The molecule has 1 aromatic carbocycles. The Labute approximate surface area is 106 Å². The Morgan fingerprint density at radius 1 is 1.29 bits per heavy atom. The van der Waals surface area contributed by atoms with Crippen LogP contribution in [0.2, 0.25) is 0 Å². The fourth-order valence-corrected chi connectivity index (χ4v) is 2.76. The van der Waals surface area contributed by atoms with E-state index in [0.29, 0.717) is 5.56 Å². The largest absolute Gasteiger partial charge is 0.465 e. The molecule has 1 aliphatic carbocycles. The minimum atomic E-state index is -0.309. The number of halogens is 1. The molecule has 1 N–H and O–H groups in total. The molecule has 0 heterocycles. The lowest BCUT2D eigenvalue weighted by atomic mass is 9.89. The molecule has 0 radical (unpaired) electrons. The molecule has 0 bridgehead atoms. The Hall–Kier alpha value is -1.06. The van der Waals surface area contributed by atoms with E-state index in [2.05, 4.69) is 9.57 Å². The zero-order valence-electron chi connectivity index (χ0n) is 9.83. The first-order chi connectivity index (χ1) is 8.22. The molecule has 0 aliphatic heterocycles. The van der Waals surface area contributed by atoms with Gasteiger partial charge in [0.25, 0.3) is 0 Å². The zero-order valence-corrected chi connectivity index (χ0v) is 10.6. The highest BCUT2D eigenvalue weighted by Gasteiger charge is 2.34. The van der Waals surface area contributed by atoms with Crippen molar-refractivity contribution in [2.24, 2.45) is 0 Å². The second kappa shape index (κ2) is 5.07. The van der Waals surface area contributed by atoms with Crippen LogP contribution in [0.15, 0.2) is 24.3 Å². The number of ether oxygens (including phenoxy) is 1. The van der Waals surface area contributed by atoms with Gasteiger partial charge in [0.2, 0.25) is 0 Å². The Morgan fingerprint density at radius 3 is 2.35 bits per heavy atom. The first-order valence-corrected chi connectivity index (χ1v) is 6.16. The highest BCUT2D eigenvalue weighted by atomic mass is 35.5. The van der Waals surface area contributed by atoms with E-state index >= 15 is 0 Å². The molecular weight excluding hydrogens is 238 g/mol. The molecule has 0 saturated heterocycles. The standard InChI is InChI=1S/C13H16ClNO2/c1-17-12(16)10-4-6-11(7-5-10)13(15-14)8-2-3-9-13/h4-7,15H,2-3,8-9H2,1H3. The second-order valence-corrected chi connectivity index (χ2v) is 4.64. The lowest BCUT2D eigenvalue weighted by molar-refractivity contribution is 0.0600. The first-order valence-electron chi connectivity index (χ1n) is 5.78. The van der Waals surface area contributed by atoms with E-state index in [0.717, 1.165) is 18.4 Å². The summed E-state index contributed by atoms with van der Waals surface area (Å²) in [5, 5.41) is 0. The van der Waals surface area contributed by atoms with Crippen LogP contribution in [0.3, 0.4) is 0 Å². The van der Waals surface area contributed by atoms with Gasteiger partial charge < -0.3 is 4.74 Å². The van der Waals surface area contributed by atoms with E-state index < -0.39 is 0 Å². The van der Waals surface area contributed by atoms with Crippen molar-refractivity contribution in [3.8, 4) is 0 Å². The number of carbonyl (C=O) groups is 1. The van der Waals surface area contributed by atoms with Gasteiger partial charge in [-0.15, -0.1) is 0 Å².